The molecule has 0 aromatic heterocycles. The first-order valence-corrected chi connectivity index (χ1v) is 6.47. The Labute approximate surface area is 109 Å². The summed E-state index contributed by atoms with van der Waals surface area (Å²) in [4.78, 5) is 22.3. The highest BCUT2D eigenvalue weighted by Gasteiger charge is 2.11. The number of aryl methyl sites for hydroxylation is 1. The van der Waals surface area contributed by atoms with Gasteiger partial charge in [-0.2, -0.15) is 0 Å². The zero-order valence-corrected chi connectivity index (χ0v) is 10.8. The van der Waals surface area contributed by atoms with Crippen LogP contribution in [-0.4, -0.2) is 18.2 Å². The Kier molecular flexibility index (Phi) is 6.77. The third-order valence-electron chi connectivity index (χ3n) is 2.81. The fourth-order valence-corrected chi connectivity index (χ4v) is 1.74. The van der Waals surface area contributed by atoms with Gasteiger partial charge in [-0.25, -0.2) is 0 Å². The number of hydrogen-bond donors (Lipinski definition) is 1. The van der Waals surface area contributed by atoms with Crippen LogP contribution in [0.1, 0.15) is 38.2 Å². The van der Waals surface area contributed by atoms with Crippen LogP contribution in [0, 0.1) is 0 Å². The van der Waals surface area contributed by atoms with Gasteiger partial charge in [0.05, 0.1) is 6.04 Å². The number of amides is 1. The molecule has 97 valence electrons. The topological polar surface area (TPSA) is 46.2 Å². The lowest BCUT2D eigenvalue weighted by Gasteiger charge is -2.11. The highest BCUT2D eigenvalue weighted by molar-refractivity contribution is 5.79. The zero-order chi connectivity index (χ0) is 13.2. The average molecular weight is 246 g/mol. The molecule has 1 amide bonds. The van der Waals surface area contributed by atoms with Gasteiger partial charge in [0.15, 0.2) is 0 Å². The Morgan fingerprint density at radius 1 is 1.33 bits per heavy atom. The van der Waals surface area contributed by atoms with Crippen molar-refractivity contribution < 1.29 is 9.59 Å². The summed E-state index contributed by atoms with van der Waals surface area (Å²) in [5.74, 6) is -0.0803. The van der Waals surface area contributed by atoms with Crippen molar-refractivity contribution in [1.82, 2.24) is 5.32 Å². The van der Waals surface area contributed by atoms with Gasteiger partial charge in [-0.1, -0.05) is 50.1 Å². The van der Waals surface area contributed by atoms with Crippen molar-refractivity contribution in [3.8, 4) is 0 Å². The van der Waals surface area contributed by atoms with E-state index in [4.69, 9.17) is 0 Å². The van der Waals surface area contributed by atoms with E-state index in [9.17, 15) is 9.59 Å². The quantitative estimate of drug-likeness (QED) is 0.765. The lowest BCUT2D eigenvalue weighted by molar-refractivity contribution is -0.121. The minimum absolute atomic E-state index is 0.0803. The molecule has 3 nitrogen and oxygen atoms in total. The summed E-state index contributed by atoms with van der Waals surface area (Å²) in [7, 11) is 0. The van der Waals surface area contributed by atoms with Gasteiger partial charge in [-0.3, -0.25) is 9.59 Å². The first kappa shape index (κ1) is 14.4. The predicted octanol–water partition coefficient (Wildman–Crippen LogP) is 2.40. The van der Waals surface area contributed by atoms with Gasteiger partial charge in [0.2, 0.25) is 12.2 Å². The molecule has 1 radical (unpaired) electrons. The molecular formula is C15H20NO2. The van der Waals surface area contributed by atoms with Crippen molar-refractivity contribution in [2.75, 3.05) is 0 Å². The molecule has 0 unspecified atom stereocenters. The number of unbranched alkanes of at least 4 members (excludes halogenated alkanes) is 1. The molecule has 1 atom stereocenters. The molecule has 1 N–H and O–H groups in total. The van der Waals surface area contributed by atoms with Crippen LogP contribution in [0.5, 0.6) is 0 Å². The Morgan fingerprint density at radius 2 is 2.06 bits per heavy atom. The van der Waals surface area contributed by atoms with Crippen molar-refractivity contribution in [1.29, 1.82) is 0 Å². The molecule has 0 aliphatic carbocycles. The lowest BCUT2D eigenvalue weighted by atomic mass is 10.1. The third kappa shape index (κ3) is 5.62. The number of rotatable bonds is 8. The van der Waals surface area contributed by atoms with Crippen LogP contribution in [0.4, 0.5) is 0 Å². The molecule has 0 bridgehead atoms. The number of hydrogen-bond acceptors (Lipinski definition) is 2. The molecule has 0 saturated heterocycles. The fraction of sp³-hybridized carbons (Fsp3) is 0.467. The van der Waals surface area contributed by atoms with E-state index in [2.05, 4.69) is 12.2 Å². The summed E-state index contributed by atoms with van der Waals surface area (Å²) in [6.07, 6.45) is 5.61. The van der Waals surface area contributed by atoms with Crippen molar-refractivity contribution in [3.63, 3.8) is 0 Å². The monoisotopic (exact) mass is 246 g/mol. The van der Waals surface area contributed by atoms with E-state index >= 15 is 0 Å². The van der Waals surface area contributed by atoms with Crippen molar-refractivity contribution in [2.24, 2.45) is 0 Å². The molecule has 1 rings (SSSR count). The number of carbonyl (C=O) groups excluding carboxylic acids is 2. The highest BCUT2D eigenvalue weighted by atomic mass is 16.2. The van der Waals surface area contributed by atoms with E-state index in [1.807, 2.05) is 36.6 Å². The molecule has 0 fully saturated rings. The average Bonchev–Trinajstić information content (AvgIpc) is 2.42. The molecule has 3 heteroatoms. The van der Waals surface area contributed by atoms with Crippen molar-refractivity contribution in [2.45, 2.75) is 45.1 Å². The number of carbonyl (C=O) groups is 1. The third-order valence-corrected chi connectivity index (χ3v) is 2.81. The van der Waals surface area contributed by atoms with E-state index in [1.54, 1.807) is 0 Å². The van der Waals surface area contributed by atoms with E-state index in [-0.39, 0.29) is 5.91 Å². The summed E-state index contributed by atoms with van der Waals surface area (Å²) in [5, 5.41) is 2.71. The van der Waals surface area contributed by atoms with Gasteiger partial charge in [0.1, 0.15) is 0 Å². The van der Waals surface area contributed by atoms with Crippen LogP contribution in [0.25, 0.3) is 0 Å². The fourth-order valence-electron chi connectivity index (χ4n) is 1.74. The van der Waals surface area contributed by atoms with E-state index < -0.39 is 6.04 Å². The zero-order valence-electron chi connectivity index (χ0n) is 10.8. The van der Waals surface area contributed by atoms with Crippen LogP contribution in [-0.2, 0) is 16.0 Å². The van der Waals surface area contributed by atoms with E-state index in [0.717, 1.165) is 18.4 Å². The highest BCUT2D eigenvalue weighted by Crippen LogP contribution is 2.03. The Balaban J connectivity index is 2.30. The first-order chi connectivity index (χ1) is 8.76. The van der Waals surface area contributed by atoms with Crippen molar-refractivity contribution in [3.05, 3.63) is 35.9 Å². The Morgan fingerprint density at radius 3 is 2.67 bits per heavy atom. The normalized spacial score (nSPS) is 11.8. The largest absolute Gasteiger partial charge is 0.346 e. The molecule has 0 saturated carbocycles. The van der Waals surface area contributed by atoms with Gasteiger partial charge >= 0.3 is 0 Å². The summed E-state index contributed by atoms with van der Waals surface area (Å²) in [6, 6.07) is 9.40. The minimum Gasteiger partial charge on any atom is -0.346 e. The second-order valence-corrected chi connectivity index (χ2v) is 4.37. The maximum absolute atomic E-state index is 11.7. The summed E-state index contributed by atoms with van der Waals surface area (Å²) in [5.41, 5.74) is 1.13. The summed E-state index contributed by atoms with van der Waals surface area (Å²) < 4.78 is 0. The first-order valence-electron chi connectivity index (χ1n) is 6.47. The standard InChI is InChI=1S/C15H20NO2/c1-2-3-9-14(12-17)16-15(18)11-10-13-7-5-4-6-8-13/h4-8,14H,2-3,9-11H2,1H3,(H,16,18)/t14-/m0/s1. The van der Waals surface area contributed by atoms with Crippen LogP contribution in [0.15, 0.2) is 30.3 Å². The molecule has 18 heavy (non-hydrogen) atoms. The van der Waals surface area contributed by atoms with Gasteiger partial charge in [-0.15, -0.1) is 0 Å². The summed E-state index contributed by atoms with van der Waals surface area (Å²) >= 11 is 0. The van der Waals surface area contributed by atoms with Crippen LogP contribution in [0.2, 0.25) is 0 Å². The van der Waals surface area contributed by atoms with Crippen LogP contribution < -0.4 is 5.32 Å². The molecule has 0 aliphatic rings. The SMILES string of the molecule is CCCC[C@@H]([C]=O)NC(=O)CCc1ccccc1. The Hall–Kier alpha value is -1.64. The van der Waals surface area contributed by atoms with Gasteiger partial charge in [0.25, 0.3) is 0 Å². The van der Waals surface area contributed by atoms with Gasteiger partial charge in [0, 0.05) is 6.42 Å². The molecule has 1 aromatic carbocycles. The van der Waals surface area contributed by atoms with E-state index in [1.165, 1.54) is 0 Å². The Bertz CT molecular complexity index is 362. The van der Waals surface area contributed by atoms with Crippen molar-refractivity contribution >= 4 is 12.2 Å². The molecular weight excluding hydrogens is 226 g/mol. The predicted molar refractivity (Wildman–Crippen MR) is 71.9 cm³/mol. The maximum Gasteiger partial charge on any atom is 0.222 e. The van der Waals surface area contributed by atoms with Crippen LogP contribution in [0.3, 0.4) is 0 Å². The van der Waals surface area contributed by atoms with E-state index in [0.29, 0.717) is 19.3 Å². The summed E-state index contributed by atoms with van der Waals surface area (Å²) in [6.45, 7) is 2.05. The molecule has 0 aliphatic heterocycles. The smallest absolute Gasteiger partial charge is 0.222 e. The lowest BCUT2D eigenvalue weighted by Crippen LogP contribution is -2.36. The van der Waals surface area contributed by atoms with Gasteiger partial charge < -0.3 is 5.32 Å². The number of nitrogens with one attached hydrogen (secondary N) is 1. The molecule has 0 heterocycles. The molecule has 1 aromatic rings. The second kappa shape index (κ2) is 8.45. The van der Waals surface area contributed by atoms with Crippen LogP contribution >= 0.6 is 0 Å². The minimum atomic E-state index is -0.451. The number of benzene rings is 1. The molecule has 0 spiro atoms. The van der Waals surface area contributed by atoms with Gasteiger partial charge in [-0.05, 0) is 18.4 Å². The maximum atomic E-state index is 11.7. The second-order valence-electron chi connectivity index (χ2n) is 4.37.